The highest BCUT2D eigenvalue weighted by molar-refractivity contribution is 6.09. The van der Waals surface area contributed by atoms with Gasteiger partial charge in [-0.1, -0.05) is 42.5 Å². The third-order valence-corrected chi connectivity index (χ3v) is 4.30. The fourth-order valence-electron chi connectivity index (χ4n) is 3.02. The van der Waals surface area contributed by atoms with Gasteiger partial charge in [-0.3, -0.25) is 14.0 Å². The Labute approximate surface area is 159 Å². The molecule has 0 unspecified atom stereocenters. The molecular formula is C21H13N5O2. The van der Waals surface area contributed by atoms with Crippen molar-refractivity contribution in [2.24, 2.45) is 0 Å². The zero-order valence-electron chi connectivity index (χ0n) is 14.5. The Morgan fingerprint density at radius 2 is 1.96 bits per heavy atom. The highest BCUT2D eigenvalue weighted by Crippen LogP contribution is 2.29. The molecule has 0 spiro atoms. The van der Waals surface area contributed by atoms with Crippen LogP contribution in [0.3, 0.4) is 0 Å². The maximum Gasteiger partial charge on any atom is 0.259 e. The van der Waals surface area contributed by atoms with Gasteiger partial charge in [0.2, 0.25) is 0 Å². The van der Waals surface area contributed by atoms with Crippen LogP contribution in [0, 0.1) is 11.3 Å². The van der Waals surface area contributed by atoms with E-state index in [2.05, 4.69) is 21.6 Å². The summed E-state index contributed by atoms with van der Waals surface area (Å²) >= 11 is 0. The summed E-state index contributed by atoms with van der Waals surface area (Å²) < 4.78 is 1.50. The molecule has 2 heterocycles. The Morgan fingerprint density at radius 3 is 2.71 bits per heavy atom. The van der Waals surface area contributed by atoms with Crippen molar-refractivity contribution in [1.82, 2.24) is 14.6 Å². The lowest BCUT2D eigenvalue weighted by atomic mass is 9.99. The van der Waals surface area contributed by atoms with E-state index in [0.29, 0.717) is 28.7 Å². The summed E-state index contributed by atoms with van der Waals surface area (Å²) in [5.41, 5.74) is 3.15. The molecule has 1 amide bonds. The molecule has 7 nitrogen and oxygen atoms in total. The van der Waals surface area contributed by atoms with Crippen molar-refractivity contribution in [2.75, 3.05) is 5.32 Å². The van der Waals surface area contributed by atoms with E-state index >= 15 is 0 Å². The molecule has 0 bridgehead atoms. The van der Waals surface area contributed by atoms with Crippen LogP contribution < -0.4 is 5.32 Å². The second kappa shape index (κ2) is 7.13. The van der Waals surface area contributed by atoms with Crippen LogP contribution in [0.5, 0.6) is 0 Å². The van der Waals surface area contributed by atoms with E-state index in [4.69, 9.17) is 0 Å². The van der Waals surface area contributed by atoms with Gasteiger partial charge in [0.15, 0.2) is 11.9 Å². The average Bonchev–Trinajstić information content (AvgIpc) is 3.22. The fourth-order valence-corrected chi connectivity index (χ4v) is 3.02. The smallest absolute Gasteiger partial charge is 0.259 e. The number of carbonyl (C=O) groups excluding carboxylic acids is 2. The lowest BCUT2D eigenvalue weighted by molar-refractivity contribution is 0.102. The number of anilines is 1. The van der Waals surface area contributed by atoms with E-state index in [0.717, 1.165) is 11.1 Å². The van der Waals surface area contributed by atoms with E-state index < -0.39 is 5.91 Å². The van der Waals surface area contributed by atoms with Crippen molar-refractivity contribution in [1.29, 1.82) is 5.26 Å². The van der Waals surface area contributed by atoms with Gasteiger partial charge in [0.05, 0.1) is 16.8 Å². The molecule has 4 aromatic rings. The normalized spacial score (nSPS) is 10.4. The number of amides is 1. The van der Waals surface area contributed by atoms with Crippen molar-refractivity contribution in [2.45, 2.75) is 0 Å². The summed E-state index contributed by atoms with van der Waals surface area (Å²) in [5, 5.41) is 20.2. The molecule has 134 valence electrons. The minimum Gasteiger partial charge on any atom is -0.321 e. The first-order valence-corrected chi connectivity index (χ1v) is 8.39. The third kappa shape index (κ3) is 2.99. The molecule has 0 saturated heterocycles. The van der Waals surface area contributed by atoms with Crippen LogP contribution in [0.4, 0.5) is 5.69 Å². The Morgan fingerprint density at radius 1 is 1.14 bits per heavy atom. The van der Waals surface area contributed by atoms with Crippen LogP contribution in [0.1, 0.15) is 26.3 Å². The standard InChI is InChI=1S/C21H13N5O2/c22-10-18-16(15-5-2-1-3-6-15)7-4-8-19(18)24-21(28)17-9-14(12-27)11-26-13-23-25-20(17)26/h1-9,11-13H,(H,24,28). The molecule has 0 aliphatic heterocycles. The number of aldehydes is 1. The van der Waals surface area contributed by atoms with Crippen LogP contribution in [0.25, 0.3) is 16.8 Å². The first kappa shape index (κ1) is 17.1. The zero-order valence-corrected chi connectivity index (χ0v) is 14.5. The first-order chi connectivity index (χ1) is 13.7. The highest BCUT2D eigenvalue weighted by atomic mass is 16.1. The van der Waals surface area contributed by atoms with Crippen LogP contribution in [-0.4, -0.2) is 26.8 Å². The molecule has 0 saturated carbocycles. The number of fused-ring (bicyclic) bond motifs is 1. The summed E-state index contributed by atoms with van der Waals surface area (Å²) in [5.74, 6) is -0.483. The number of benzene rings is 2. The van der Waals surface area contributed by atoms with Gasteiger partial charge in [0.25, 0.3) is 5.91 Å². The molecule has 1 N–H and O–H groups in total. The largest absolute Gasteiger partial charge is 0.321 e. The van der Waals surface area contributed by atoms with Crippen molar-refractivity contribution in [3.05, 3.63) is 83.8 Å². The summed E-state index contributed by atoms with van der Waals surface area (Å²) in [7, 11) is 0. The number of rotatable bonds is 4. The van der Waals surface area contributed by atoms with E-state index in [1.54, 1.807) is 12.1 Å². The number of nitrogens with zero attached hydrogens (tertiary/aromatic N) is 4. The first-order valence-electron chi connectivity index (χ1n) is 8.39. The van der Waals surface area contributed by atoms with Crippen LogP contribution in [0.15, 0.2) is 67.1 Å². The van der Waals surface area contributed by atoms with E-state index in [-0.39, 0.29) is 5.56 Å². The number of nitriles is 1. The Bertz CT molecular complexity index is 1240. The summed E-state index contributed by atoms with van der Waals surface area (Å²) in [4.78, 5) is 24.1. The maximum absolute atomic E-state index is 12.9. The molecule has 7 heteroatoms. The Hall–Kier alpha value is -4.31. The SMILES string of the molecule is N#Cc1c(NC(=O)c2cc(C=O)cn3cnnc23)cccc1-c1ccccc1. The van der Waals surface area contributed by atoms with E-state index in [9.17, 15) is 14.9 Å². The Balaban J connectivity index is 1.76. The second-order valence-corrected chi connectivity index (χ2v) is 6.03. The third-order valence-electron chi connectivity index (χ3n) is 4.30. The molecule has 2 aromatic carbocycles. The topological polar surface area (TPSA) is 100 Å². The molecular weight excluding hydrogens is 354 g/mol. The number of carbonyl (C=O) groups is 2. The lowest BCUT2D eigenvalue weighted by Crippen LogP contribution is -2.15. The van der Waals surface area contributed by atoms with E-state index in [1.807, 2.05) is 36.4 Å². The van der Waals surface area contributed by atoms with E-state index in [1.165, 1.54) is 23.0 Å². The lowest BCUT2D eigenvalue weighted by Gasteiger charge is -2.12. The molecule has 0 atom stereocenters. The van der Waals surface area contributed by atoms with Gasteiger partial charge in [0.1, 0.15) is 12.4 Å². The number of pyridine rings is 1. The molecule has 28 heavy (non-hydrogen) atoms. The summed E-state index contributed by atoms with van der Waals surface area (Å²) in [6.07, 6.45) is 3.60. The van der Waals surface area contributed by atoms with Gasteiger partial charge in [-0.05, 0) is 17.7 Å². The number of nitrogens with one attached hydrogen (secondary N) is 1. The van der Waals surface area contributed by atoms with Gasteiger partial charge >= 0.3 is 0 Å². The number of hydrogen-bond donors (Lipinski definition) is 1. The molecule has 0 aliphatic carbocycles. The summed E-state index contributed by atoms with van der Waals surface area (Å²) in [6.45, 7) is 0. The monoisotopic (exact) mass is 367 g/mol. The number of hydrogen-bond acceptors (Lipinski definition) is 5. The van der Waals surface area contributed by atoms with Gasteiger partial charge in [-0.15, -0.1) is 10.2 Å². The quantitative estimate of drug-likeness (QED) is 0.558. The predicted molar refractivity (Wildman–Crippen MR) is 103 cm³/mol. The predicted octanol–water partition coefficient (Wildman–Crippen LogP) is 3.33. The van der Waals surface area contributed by atoms with Gasteiger partial charge < -0.3 is 5.32 Å². The maximum atomic E-state index is 12.9. The second-order valence-electron chi connectivity index (χ2n) is 6.03. The summed E-state index contributed by atoms with van der Waals surface area (Å²) in [6, 6.07) is 18.3. The Kier molecular flexibility index (Phi) is 4.36. The highest BCUT2D eigenvalue weighted by Gasteiger charge is 2.17. The molecule has 0 aliphatic rings. The van der Waals surface area contributed by atoms with Crippen LogP contribution in [0.2, 0.25) is 0 Å². The zero-order chi connectivity index (χ0) is 19.5. The fraction of sp³-hybridized carbons (Fsp3) is 0. The molecule has 4 rings (SSSR count). The van der Waals surface area contributed by atoms with Crippen LogP contribution >= 0.6 is 0 Å². The van der Waals surface area contributed by atoms with Crippen molar-refractivity contribution < 1.29 is 9.59 Å². The molecule has 0 radical (unpaired) electrons. The molecule has 2 aromatic heterocycles. The van der Waals surface area contributed by atoms with Gasteiger partial charge in [0, 0.05) is 17.3 Å². The minimum absolute atomic E-state index is 0.191. The average molecular weight is 367 g/mol. The van der Waals surface area contributed by atoms with Crippen molar-refractivity contribution in [3.63, 3.8) is 0 Å². The van der Waals surface area contributed by atoms with Crippen LogP contribution in [-0.2, 0) is 0 Å². The minimum atomic E-state index is -0.483. The number of aromatic nitrogens is 3. The van der Waals surface area contributed by atoms with Gasteiger partial charge in [-0.2, -0.15) is 5.26 Å². The van der Waals surface area contributed by atoms with Crippen molar-refractivity contribution >= 4 is 23.5 Å². The molecule has 0 fully saturated rings. The van der Waals surface area contributed by atoms with Crippen molar-refractivity contribution in [3.8, 4) is 17.2 Å². The van der Waals surface area contributed by atoms with Gasteiger partial charge in [-0.25, -0.2) is 0 Å².